The molecule has 1 aliphatic heterocycles. The third-order valence-corrected chi connectivity index (χ3v) is 6.26. The van der Waals surface area contributed by atoms with Crippen LogP contribution in [0.5, 0.6) is 0 Å². The second-order valence-corrected chi connectivity index (χ2v) is 10.8. The van der Waals surface area contributed by atoms with Gasteiger partial charge in [0.25, 0.3) is 0 Å². The molecule has 3 rings (SSSR count). The number of hydrogen-bond acceptors (Lipinski definition) is 4. The largest absolute Gasteiger partial charge is 0.479 e. The minimum atomic E-state index is -1.09. The predicted octanol–water partition coefficient (Wildman–Crippen LogP) is 6.44. The Kier molecular flexibility index (Phi) is 7.32. The molecule has 2 aromatic rings. The van der Waals surface area contributed by atoms with Gasteiger partial charge in [-0.1, -0.05) is 56.3 Å². The third kappa shape index (κ3) is 6.23. The van der Waals surface area contributed by atoms with E-state index in [2.05, 4.69) is 43.0 Å². The van der Waals surface area contributed by atoms with E-state index >= 15 is 0 Å². The van der Waals surface area contributed by atoms with Gasteiger partial charge < -0.3 is 14.7 Å². The highest BCUT2D eigenvalue weighted by Gasteiger charge is 2.35. The Morgan fingerprint density at radius 1 is 1.09 bits per heavy atom. The predicted molar refractivity (Wildman–Crippen MR) is 136 cm³/mol. The maximum Gasteiger partial charge on any atom is 0.337 e. The zero-order valence-corrected chi connectivity index (χ0v) is 21.1. The maximum atomic E-state index is 12.5. The van der Waals surface area contributed by atoms with Crippen LogP contribution >= 0.6 is 0 Å². The Morgan fingerprint density at radius 3 is 2.24 bits per heavy atom. The molecule has 1 saturated heterocycles. The topological polar surface area (TPSA) is 62.7 Å². The highest BCUT2D eigenvalue weighted by atomic mass is 16.5. The Hall–Kier alpha value is -2.66. The first-order chi connectivity index (χ1) is 15.4. The van der Waals surface area contributed by atoms with Crippen molar-refractivity contribution in [3.05, 3.63) is 58.4 Å². The number of aryl methyl sites for hydroxylation is 2. The number of aromatic nitrogens is 1. The highest BCUT2D eigenvalue weighted by Crippen LogP contribution is 2.41. The summed E-state index contributed by atoms with van der Waals surface area (Å²) in [5.41, 5.74) is 4.93. The number of carboxylic acid groups (broad SMARTS) is 1. The van der Waals surface area contributed by atoms with Crippen molar-refractivity contribution in [2.45, 2.75) is 73.0 Å². The van der Waals surface area contributed by atoms with E-state index in [9.17, 15) is 9.90 Å². The molecule has 2 heterocycles. The number of hydrogen-bond donors (Lipinski definition) is 1. The molecule has 1 fully saturated rings. The number of pyridine rings is 1. The minimum absolute atomic E-state index is 0.280. The van der Waals surface area contributed by atoms with E-state index in [0.29, 0.717) is 11.3 Å². The van der Waals surface area contributed by atoms with Crippen LogP contribution in [0.2, 0.25) is 0 Å². The summed E-state index contributed by atoms with van der Waals surface area (Å²) < 4.78 is 6.11. The number of carboxylic acids is 1. The number of piperidine rings is 1. The molecule has 1 aromatic carbocycles. The molecule has 0 spiro atoms. The molecule has 1 atom stereocenters. The van der Waals surface area contributed by atoms with Gasteiger partial charge in [-0.05, 0) is 58.4 Å². The Labute approximate surface area is 198 Å². The zero-order chi connectivity index (χ0) is 24.4. The van der Waals surface area contributed by atoms with Crippen molar-refractivity contribution in [3.8, 4) is 0 Å². The number of nitrogens with zero attached hydrogens (tertiary/aromatic N) is 2. The molecule has 1 aromatic heterocycles. The standard InChI is InChI=1S/C28H38N2O3/c1-19-22(14-13-21-11-9-8-10-12-21)24(30-17-15-28(6,7)16-18-30)23(20(2)29-19)25(26(31)32)33-27(3,4)5/h8-14,25H,15-18H2,1-7H3,(H,31,32)/b14-13+. The van der Waals surface area contributed by atoms with Crippen molar-refractivity contribution in [2.75, 3.05) is 18.0 Å². The van der Waals surface area contributed by atoms with Gasteiger partial charge in [0.15, 0.2) is 6.10 Å². The van der Waals surface area contributed by atoms with Gasteiger partial charge in [0.2, 0.25) is 0 Å². The Bertz CT molecular complexity index is 1010. The number of rotatable bonds is 6. The fourth-order valence-corrected chi connectivity index (χ4v) is 4.38. The monoisotopic (exact) mass is 450 g/mol. The van der Waals surface area contributed by atoms with E-state index in [0.717, 1.165) is 48.4 Å². The van der Waals surface area contributed by atoms with E-state index in [1.165, 1.54) is 0 Å². The molecule has 5 heteroatoms. The average molecular weight is 451 g/mol. The van der Waals surface area contributed by atoms with E-state index in [1.54, 1.807) is 0 Å². The fourth-order valence-electron chi connectivity index (χ4n) is 4.38. The molecule has 33 heavy (non-hydrogen) atoms. The van der Waals surface area contributed by atoms with Gasteiger partial charge in [0.05, 0.1) is 11.3 Å². The van der Waals surface area contributed by atoms with Crippen molar-refractivity contribution in [1.29, 1.82) is 0 Å². The summed E-state index contributed by atoms with van der Waals surface area (Å²) in [6.07, 6.45) is 5.15. The summed E-state index contributed by atoms with van der Waals surface area (Å²) in [7, 11) is 0. The molecule has 5 nitrogen and oxygen atoms in total. The summed E-state index contributed by atoms with van der Waals surface area (Å²) >= 11 is 0. The van der Waals surface area contributed by atoms with Gasteiger partial charge in [-0.2, -0.15) is 0 Å². The molecular weight excluding hydrogens is 412 g/mol. The summed E-state index contributed by atoms with van der Waals surface area (Å²) in [4.78, 5) is 19.6. The lowest BCUT2D eigenvalue weighted by molar-refractivity contribution is -0.160. The van der Waals surface area contributed by atoms with E-state index in [4.69, 9.17) is 9.72 Å². The van der Waals surface area contributed by atoms with Crippen molar-refractivity contribution in [3.63, 3.8) is 0 Å². The van der Waals surface area contributed by atoms with Crippen molar-refractivity contribution in [2.24, 2.45) is 5.41 Å². The van der Waals surface area contributed by atoms with Gasteiger partial charge in [-0.3, -0.25) is 4.98 Å². The summed E-state index contributed by atoms with van der Waals surface area (Å²) in [5, 5.41) is 10.2. The SMILES string of the molecule is Cc1nc(C)c(C(OC(C)(C)C)C(=O)O)c(N2CCC(C)(C)CC2)c1/C=C/c1ccccc1. The van der Waals surface area contributed by atoms with E-state index in [-0.39, 0.29) is 5.41 Å². The second kappa shape index (κ2) is 9.68. The molecule has 1 unspecified atom stereocenters. The number of ether oxygens (including phenoxy) is 1. The lowest BCUT2D eigenvalue weighted by Gasteiger charge is -2.41. The van der Waals surface area contributed by atoms with Gasteiger partial charge in [0, 0.05) is 35.6 Å². The summed E-state index contributed by atoms with van der Waals surface area (Å²) in [6, 6.07) is 10.1. The fraction of sp³-hybridized carbons (Fsp3) is 0.500. The van der Waals surface area contributed by atoms with Crippen LogP contribution in [-0.4, -0.2) is 34.8 Å². The number of benzene rings is 1. The molecule has 0 aliphatic carbocycles. The van der Waals surface area contributed by atoms with E-state index in [1.807, 2.05) is 52.8 Å². The van der Waals surface area contributed by atoms with Gasteiger partial charge in [-0.15, -0.1) is 0 Å². The Morgan fingerprint density at radius 2 is 1.70 bits per heavy atom. The number of anilines is 1. The van der Waals surface area contributed by atoms with E-state index < -0.39 is 17.7 Å². The summed E-state index contributed by atoms with van der Waals surface area (Å²) in [6.45, 7) is 15.9. The molecule has 178 valence electrons. The Balaban J connectivity index is 2.20. The second-order valence-electron chi connectivity index (χ2n) is 10.8. The van der Waals surface area contributed by atoms with Crippen LogP contribution in [0.1, 0.15) is 81.6 Å². The van der Waals surface area contributed by atoms with Crippen LogP contribution in [0.4, 0.5) is 5.69 Å². The summed E-state index contributed by atoms with van der Waals surface area (Å²) in [5.74, 6) is -0.991. The molecule has 1 aliphatic rings. The van der Waals surface area contributed by atoms with Crippen LogP contribution in [-0.2, 0) is 9.53 Å². The quantitative estimate of drug-likeness (QED) is 0.549. The normalized spacial score (nSPS) is 17.4. The average Bonchev–Trinajstić information content (AvgIpc) is 2.71. The van der Waals surface area contributed by atoms with Crippen LogP contribution in [0.3, 0.4) is 0 Å². The van der Waals surface area contributed by atoms with Crippen LogP contribution in [0.15, 0.2) is 30.3 Å². The molecule has 0 amide bonds. The van der Waals surface area contributed by atoms with Crippen LogP contribution in [0, 0.1) is 19.3 Å². The van der Waals surface area contributed by atoms with Crippen molar-refractivity contribution in [1.82, 2.24) is 4.98 Å². The zero-order valence-electron chi connectivity index (χ0n) is 21.1. The first-order valence-corrected chi connectivity index (χ1v) is 11.8. The van der Waals surface area contributed by atoms with Crippen LogP contribution in [0.25, 0.3) is 12.2 Å². The lowest BCUT2D eigenvalue weighted by atomic mass is 9.82. The first-order valence-electron chi connectivity index (χ1n) is 11.8. The first kappa shape index (κ1) is 25.0. The molecule has 0 saturated carbocycles. The molecule has 0 radical (unpaired) electrons. The highest BCUT2D eigenvalue weighted by molar-refractivity contribution is 5.85. The number of carbonyl (C=O) groups is 1. The van der Waals surface area contributed by atoms with Gasteiger partial charge in [-0.25, -0.2) is 4.79 Å². The minimum Gasteiger partial charge on any atom is -0.479 e. The van der Waals surface area contributed by atoms with Gasteiger partial charge >= 0.3 is 5.97 Å². The molecule has 1 N–H and O–H groups in total. The third-order valence-electron chi connectivity index (χ3n) is 6.26. The number of aliphatic carboxylic acids is 1. The van der Waals surface area contributed by atoms with Crippen molar-refractivity contribution < 1.29 is 14.6 Å². The van der Waals surface area contributed by atoms with Crippen LogP contribution < -0.4 is 4.90 Å². The molecular formula is C28H38N2O3. The van der Waals surface area contributed by atoms with Crippen molar-refractivity contribution >= 4 is 23.8 Å². The lowest BCUT2D eigenvalue weighted by Crippen LogP contribution is -2.39. The molecule has 0 bridgehead atoms. The smallest absolute Gasteiger partial charge is 0.337 e. The maximum absolute atomic E-state index is 12.5. The van der Waals surface area contributed by atoms with Gasteiger partial charge in [0.1, 0.15) is 0 Å².